The molecule has 238 valence electrons. The largest absolute Gasteiger partial charge is 0.471 e. The minimum absolute atomic E-state index is 0.110. The Morgan fingerprint density at radius 1 is 1.14 bits per heavy atom. The third kappa shape index (κ3) is 7.17. The van der Waals surface area contributed by atoms with Crippen LogP contribution in [0.4, 0.5) is 10.5 Å². The number of hydrogen-bond donors (Lipinski definition) is 1. The molecule has 2 heterocycles. The van der Waals surface area contributed by atoms with Crippen molar-refractivity contribution in [2.45, 2.75) is 91.0 Å². The predicted octanol–water partition coefficient (Wildman–Crippen LogP) is 5.10. The molecule has 10 nitrogen and oxygen atoms in total. The fourth-order valence-electron chi connectivity index (χ4n) is 5.82. The summed E-state index contributed by atoms with van der Waals surface area (Å²) in [5.41, 5.74) is -0.304. The highest BCUT2D eigenvalue weighted by Crippen LogP contribution is 2.43. The Balaban J connectivity index is 1.65. The molecule has 1 saturated heterocycles. The molecule has 10 heteroatoms. The van der Waals surface area contributed by atoms with Crippen LogP contribution in [-0.2, 0) is 19.9 Å². The number of benzene rings is 2. The van der Waals surface area contributed by atoms with Crippen molar-refractivity contribution in [2.24, 2.45) is 0 Å². The number of hydrogen-bond acceptors (Lipinski definition) is 6. The van der Waals surface area contributed by atoms with Gasteiger partial charge < -0.3 is 29.5 Å². The van der Waals surface area contributed by atoms with E-state index in [-0.39, 0.29) is 49.0 Å². The van der Waals surface area contributed by atoms with Crippen molar-refractivity contribution < 1.29 is 28.7 Å². The monoisotopic (exact) mass is 606 g/mol. The van der Waals surface area contributed by atoms with Crippen molar-refractivity contribution in [2.75, 3.05) is 31.1 Å². The minimum atomic E-state index is -1.29. The van der Waals surface area contributed by atoms with Crippen molar-refractivity contribution in [1.29, 1.82) is 0 Å². The van der Waals surface area contributed by atoms with E-state index in [9.17, 15) is 19.2 Å². The van der Waals surface area contributed by atoms with E-state index in [1.165, 1.54) is 0 Å². The van der Waals surface area contributed by atoms with Gasteiger partial charge in [-0.2, -0.15) is 0 Å². The van der Waals surface area contributed by atoms with E-state index >= 15 is 0 Å². The summed E-state index contributed by atoms with van der Waals surface area (Å²) in [6.45, 7) is 14.4. The van der Waals surface area contributed by atoms with Crippen LogP contribution in [0.3, 0.4) is 0 Å². The summed E-state index contributed by atoms with van der Waals surface area (Å²) in [6, 6.07) is 14.1. The third-order valence-electron chi connectivity index (χ3n) is 8.00. The zero-order chi connectivity index (χ0) is 32.2. The number of rotatable bonds is 8. The van der Waals surface area contributed by atoms with Crippen molar-refractivity contribution in [3.8, 4) is 5.75 Å². The first-order chi connectivity index (χ1) is 20.7. The van der Waals surface area contributed by atoms with E-state index in [2.05, 4.69) is 5.32 Å². The van der Waals surface area contributed by atoms with Gasteiger partial charge in [0.15, 0.2) is 0 Å². The van der Waals surface area contributed by atoms with Crippen LogP contribution in [0.15, 0.2) is 48.5 Å². The van der Waals surface area contributed by atoms with Crippen LogP contribution in [-0.4, -0.2) is 77.5 Å². The number of ether oxygens (including phenoxy) is 2. The third-order valence-corrected chi connectivity index (χ3v) is 8.00. The fraction of sp³-hybridized carbons (Fsp3) is 0.529. The van der Waals surface area contributed by atoms with Gasteiger partial charge in [0.25, 0.3) is 11.8 Å². The molecule has 4 rings (SSSR count). The highest BCUT2D eigenvalue weighted by Gasteiger charge is 2.46. The van der Waals surface area contributed by atoms with E-state index in [4.69, 9.17) is 9.47 Å². The van der Waals surface area contributed by atoms with E-state index < -0.39 is 11.2 Å². The van der Waals surface area contributed by atoms with Crippen LogP contribution in [0.2, 0.25) is 0 Å². The minimum Gasteiger partial charge on any atom is -0.471 e. The number of carbonyl (C=O) groups is 4. The molecule has 2 aromatic carbocycles. The van der Waals surface area contributed by atoms with Gasteiger partial charge in [-0.3, -0.25) is 14.4 Å². The molecule has 4 amide bonds. The van der Waals surface area contributed by atoms with E-state index in [1.54, 1.807) is 41.8 Å². The summed E-state index contributed by atoms with van der Waals surface area (Å²) in [7, 11) is 0. The topological polar surface area (TPSA) is 108 Å². The maximum absolute atomic E-state index is 14.1. The smallest absolute Gasteiger partial charge is 0.410 e. The van der Waals surface area contributed by atoms with Gasteiger partial charge in [0.2, 0.25) is 11.5 Å². The van der Waals surface area contributed by atoms with Gasteiger partial charge in [-0.05, 0) is 72.6 Å². The predicted molar refractivity (Wildman–Crippen MR) is 169 cm³/mol. The molecule has 0 aromatic heterocycles. The molecule has 1 N–H and O–H groups in total. The zero-order valence-electron chi connectivity index (χ0n) is 27.0. The number of likely N-dealkylation sites (tertiary alicyclic amines) is 1. The number of fused-ring (bicyclic) bond motifs is 1. The van der Waals surface area contributed by atoms with Gasteiger partial charge in [-0.1, -0.05) is 37.3 Å². The highest BCUT2D eigenvalue weighted by molar-refractivity contribution is 6.05. The Morgan fingerprint density at radius 3 is 2.48 bits per heavy atom. The zero-order valence-corrected chi connectivity index (χ0v) is 27.0. The molecule has 0 bridgehead atoms. The maximum Gasteiger partial charge on any atom is 0.410 e. The molecular formula is C34H46N4O6. The van der Waals surface area contributed by atoms with E-state index in [1.807, 2.05) is 69.9 Å². The lowest BCUT2D eigenvalue weighted by atomic mass is 9.91. The molecule has 1 fully saturated rings. The van der Waals surface area contributed by atoms with Crippen molar-refractivity contribution in [3.05, 3.63) is 59.7 Å². The first kappa shape index (κ1) is 32.8. The Hall–Kier alpha value is -4.08. The maximum atomic E-state index is 14.1. The van der Waals surface area contributed by atoms with Crippen molar-refractivity contribution in [1.82, 2.24) is 15.1 Å². The second-order valence-corrected chi connectivity index (χ2v) is 12.9. The van der Waals surface area contributed by atoms with Crippen LogP contribution in [0, 0.1) is 0 Å². The summed E-state index contributed by atoms with van der Waals surface area (Å²) in [5, 5.41) is 2.85. The van der Waals surface area contributed by atoms with Crippen molar-refractivity contribution >= 4 is 29.5 Å². The number of anilines is 1. The van der Waals surface area contributed by atoms with Gasteiger partial charge in [0, 0.05) is 49.8 Å². The van der Waals surface area contributed by atoms with Crippen LogP contribution >= 0.6 is 0 Å². The molecule has 2 aliphatic rings. The summed E-state index contributed by atoms with van der Waals surface area (Å²) >= 11 is 0. The number of amides is 4. The quantitative estimate of drug-likeness (QED) is 0.448. The highest BCUT2D eigenvalue weighted by atomic mass is 16.6. The van der Waals surface area contributed by atoms with Crippen LogP contribution < -0.4 is 15.0 Å². The van der Waals surface area contributed by atoms with Gasteiger partial charge in [0.05, 0.1) is 11.7 Å². The molecule has 2 aliphatic heterocycles. The summed E-state index contributed by atoms with van der Waals surface area (Å²) in [5.74, 6) is -0.116. The Morgan fingerprint density at radius 2 is 1.84 bits per heavy atom. The molecule has 0 spiro atoms. The van der Waals surface area contributed by atoms with Crippen molar-refractivity contribution in [3.63, 3.8) is 0 Å². The van der Waals surface area contributed by atoms with Gasteiger partial charge >= 0.3 is 6.09 Å². The molecule has 0 radical (unpaired) electrons. The molecule has 0 saturated carbocycles. The lowest BCUT2D eigenvalue weighted by molar-refractivity contribution is -0.135. The van der Waals surface area contributed by atoms with Gasteiger partial charge in [0.1, 0.15) is 11.4 Å². The van der Waals surface area contributed by atoms with Crippen LogP contribution in [0.5, 0.6) is 5.75 Å². The Kier molecular flexibility index (Phi) is 9.91. The normalized spacial score (nSPS) is 20.1. The molecule has 1 unspecified atom stereocenters. The molecule has 2 atom stereocenters. The summed E-state index contributed by atoms with van der Waals surface area (Å²) < 4.78 is 12.0. The standard InChI is InChI=1S/C34H46N4O6/c1-8-29(39)35-18-20-37-27-21-24(16-17-28(27)43-34(7,31(37)41)25-13-10-9-11-14-25)30(40)38(23(2)3)26-15-12-19-36(22-26)32(42)44-33(4,5)6/h9-11,13-14,16-17,21,23,26H,8,12,15,18-20,22H2,1-7H3,(H,35,39)/t26-,34?/m1/s1. The van der Waals surface area contributed by atoms with Gasteiger partial charge in [-0.25, -0.2) is 4.79 Å². The molecule has 0 aliphatic carbocycles. The first-order valence-electron chi connectivity index (χ1n) is 15.5. The second-order valence-electron chi connectivity index (χ2n) is 12.9. The summed E-state index contributed by atoms with van der Waals surface area (Å²) in [4.78, 5) is 58.1. The number of piperidine rings is 1. The first-order valence-corrected chi connectivity index (χ1v) is 15.5. The van der Waals surface area contributed by atoms with E-state index in [0.29, 0.717) is 42.1 Å². The molecule has 44 heavy (non-hydrogen) atoms. The number of carbonyl (C=O) groups excluding carboxylic acids is 4. The van der Waals surface area contributed by atoms with Crippen LogP contribution in [0.1, 0.15) is 83.7 Å². The Bertz CT molecular complexity index is 1370. The van der Waals surface area contributed by atoms with Gasteiger partial charge in [-0.15, -0.1) is 0 Å². The summed E-state index contributed by atoms with van der Waals surface area (Å²) in [6.07, 6.45) is 1.47. The number of nitrogens with one attached hydrogen (secondary N) is 1. The number of nitrogens with zero attached hydrogens (tertiary/aromatic N) is 3. The molecular weight excluding hydrogens is 560 g/mol. The lowest BCUT2D eigenvalue weighted by Gasteiger charge is -2.42. The average molecular weight is 607 g/mol. The lowest BCUT2D eigenvalue weighted by Crippen LogP contribution is -2.55. The molecule has 2 aromatic rings. The fourth-order valence-corrected chi connectivity index (χ4v) is 5.82. The van der Waals surface area contributed by atoms with Crippen LogP contribution in [0.25, 0.3) is 0 Å². The second kappa shape index (κ2) is 13.3. The SMILES string of the molecule is CCC(=O)NCCN1C(=O)C(C)(c2ccccc2)Oc2ccc(C(=O)N(C(C)C)[C@@H]3CCCN(C(=O)OC(C)(C)C)C3)cc21. The average Bonchev–Trinajstić information content (AvgIpc) is 2.98. The Labute approximate surface area is 260 Å². The van der Waals surface area contributed by atoms with E-state index in [0.717, 1.165) is 12.8 Å².